The van der Waals surface area contributed by atoms with Crippen molar-refractivity contribution in [2.45, 2.75) is 12.0 Å². The van der Waals surface area contributed by atoms with Gasteiger partial charge in [0, 0.05) is 18.8 Å². The van der Waals surface area contributed by atoms with Gasteiger partial charge in [0.15, 0.2) is 11.5 Å². The number of hydrogen-bond acceptors (Lipinski definition) is 4. The van der Waals surface area contributed by atoms with Crippen molar-refractivity contribution in [1.82, 2.24) is 9.88 Å². The predicted octanol–water partition coefficient (Wildman–Crippen LogP) is 3.99. The zero-order valence-corrected chi connectivity index (χ0v) is 16.2. The molecular formula is C22H16F4N4O. The van der Waals surface area contributed by atoms with Gasteiger partial charge in [0.1, 0.15) is 17.3 Å². The van der Waals surface area contributed by atoms with Crippen molar-refractivity contribution in [1.29, 1.82) is 0 Å². The first-order valence-corrected chi connectivity index (χ1v) is 9.18. The van der Waals surface area contributed by atoms with Crippen LogP contribution in [0.1, 0.15) is 23.2 Å². The molecule has 31 heavy (non-hydrogen) atoms. The van der Waals surface area contributed by atoms with Gasteiger partial charge in [-0.05, 0) is 53.1 Å². The lowest BCUT2D eigenvalue weighted by atomic mass is 9.81. The average molecular weight is 428 g/mol. The highest BCUT2D eigenvalue weighted by Crippen LogP contribution is 2.42. The van der Waals surface area contributed by atoms with E-state index in [-0.39, 0.29) is 17.1 Å². The van der Waals surface area contributed by atoms with Gasteiger partial charge in [-0.3, -0.25) is 14.7 Å². The van der Waals surface area contributed by atoms with E-state index >= 15 is 4.39 Å². The van der Waals surface area contributed by atoms with Crippen LogP contribution in [0.25, 0.3) is 11.1 Å². The maximum Gasteiger partial charge on any atom is 0.280 e. The van der Waals surface area contributed by atoms with Crippen molar-refractivity contribution in [3.63, 3.8) is 0 Å². The van der Waals surface area contributed by atoms with Gasteiger partial charge in [0.05, 0.1) is 0 Å². The summed E-state index contributed by atoms with van der Waals surface area (Å²) < 4.78 is 55.0. The monoisotopic (exact) mass is 428 g/mol. The molecule has 1 unspecified atom stereocenters. The number of halogens is 4. The Morgan fingerprint density at radius 2 is 1.68 bits per heavy atom. The Morgan fingerprint density at radius 1 is 1.00 bits per heavy atom. The highest BCUT2D eigenvalue weighted by molar-refractivity contribution is 6.09. The lowest BCUT2D eigenvalue weighted by molar-refractivity contribution is -0.129. The first-order valence-electron chi connectivity index (χ1n) is 9.18. The van der Waals surface area contributed by atoms with E-state index < -0.39 is 35.2 Å². The number of alkyl halides is 2. The molecule has 0 spiro atoms. The number of nitrogens with two attached hydrogens (primary N) is 1. The summed E-state index contributed by atoms with van der Waals surface area (Å²) in [6, 6.07) is 11.8. The maximum atomic E-state index is 15.1. The fourth-order valence-electron chi connectivity index (χ4n) is 3.58. The number of carbonyl (C=O) groups excluding carboxylic acids is 1. The van der Waals surface area contributed by atoms with Gasteiger partial charge >= 0.3 is 0 Å². The van der Waals surface area contributed by atoms with Gasteiger partial charge in [-0.2, -0.15) is 0 Å². The minimum absolute atomic E-state index is 0.00487. The fraction of sp³-hybridized carbons (Fsp3) is 0.136. The molecule has 0 aliphatic carbocycles. The van der Waals surface area contributed by atoms with E-state index in [9.17, 15) is 18.0 Å². The molecule has 1 aliphatic rings. The summed E-state index contributed by atoms with van der Waals surface area (Å²) in [4.78, 5) is 22.1. The standard InChI is InChI=1S/C22H16F4N4O/c1-30-20(31)22(29-21(30)27,14-8-9-28-18(11-14)19(25)26)16-10-13(4-7-17(16)24)12-2-5-15(23)6-3-12/h2-11,19H,1H3,(H2,27,29). The number of rotatable bonds is 4. The predicted molar refractivity (Wildman–Crippen MR) is 106 cm³/mol. The number of amides is 1. The SMILES string of the molecule is CN1C(=O)C(c2ccnc(C(F)F)c2)(c2cc(-c3ccc(F)cc3)ccc2F)N=C1N. The third-order valence-electron chi connectivity index (χ3n) is 5.20. The highest BCUT2D eigenvalue weighted by Gasteiger charge is 2.51. The number of nitrogens with zero attached hydrogens (tertiary/aromatic N) is 3. The maximum absolute atomic E-state index is 15.1. The first kappa shape index (κ1) is 20.5. The molecule has 3 aromatic rings. The Labute approximate surface area is 174 Å². The van der Waals surface area contributed by atoms with Crippen LogP contribution < -0.4 is 5.73 Å². The topological polar surface area (TPSA) is 71.6 Å². The molecule has 5 nitrogen and oxygen atoms in total. The largest absolute Gasteiger partial charge is 0.369 e. The summed E-state index contributed by atoms with van der Waals surface area (Å²) in [6.07, 6.45) is -1.79. The molecule has 1 amide bonds. The van der Waals surface area contributed by atoms with Gasteiger partial charge in [-0.15, -0.1) is 0 Å². The van der Waals surface area contributed by atoms with Gasteiger partial charge in [0.25, 0.3) is 12.3 Å². The Bertz CT molecular complexity index is 1200. The molecule has 0 bridgehead atoms. The number of benzene rings is 2. The summed E-state index contributed by atoms with van der Waals surface area (Å²) in [5, 5.41) is 0. The van der Waals surface area contributed by atoms with E-state index in [4.69, 9.17) is 5.73 Å². The van der Waals surface area contributed by atoms with Crippen molar-refractivity contribution < 1.29 is 22.4 Å². The normalized spacial score (nSPS) is 18.6. The third kappa shape index (κ3) is 3.31. The number of hydrogen-bond donors (Lipinski definition) is 1. The van der Waals surface area contributed by atoms with Crippen LogP contribution >= 0.6 is 0 Å². The summed E-state index contributed by atoms with van der Waals surface area (Å²) in [5.74, 6) is -2.11. The van der Waals surface area contributed by atoms with Crippen molar-refractivity contribution in [3.05, 3.63) is 89.2 Å². The summed E-state index contributed by atoms with van der Waals surface area (Å²) >= 11 is 0. The van der Waals surface area contributed by atoms with Crippen LogP contribution in [0.2, 0.25) is 0 Å². The van der Waals surface area contributed by atoms with Gasteiger partial charge in [-0.25, -0.2) is 22.6 Å². The summed E-state index contributed by atoms with van der Waals surface area (Å²) in [6.45, 7) is 0. The Kier molecular flexibility index (Phi) is 4.96. The Morgan fingerprint density at radius 3 is 2.29 bits per heavy atom. The molecule has 1 aromatic heterocycles. The van der Waals surface area contributed by atoms with Crippen molar-refractivity contribution >= 4 is 11.9 Å². The zero-order chi connectivity index (χ0) is 22.3. The molecule has 1 atom stereocenters. The van der Waals surface area contributed by atoms with Crippen LogP contribution in [-0.2, 0) is 10.3 Å². The van der Waals surface area contributed by atoms with Crippen molar-refractivity contribution in [2.75, 3.05) is 7.05 Å². The summed E-state index contributed by atoms with van der Waals surface area (Å²) in [7, 11) is 1.36. The lowest BCUT2D eigenvalue weighted by Gasteiger charge is -2.27. The van der Waals surface area contributed by atoms with Gasteiger partial charge < -0.3 is 5.73 Å². The first-order chi connectivity index (χ1) is 14.7. The molecule has 2 N–H and O–H groups in total. The molecule has 0 radical (unpaired) electrons. The number of aromatic nitrogens is 1. The van der Waals surface area contributed by atoms with E-state index in [0.717, 1.165) is 23.2 Å². The van der Waals surface area contributed by atoms with E-state index in [1.54, 1.807) is 0 Å². The number of carbonyl (C=O) groups is 1. The van der Waals surface area contributed by atoms with Crippen LogP contribution in [0.3, 0.4) is 0 Å². The third-order valence-corrected chi connectivity index (χ3v) is 5.20. The van der Waals surface area contributed by atoms with Crippen LogP contribution in [0.5, 0.6) is 0 Å². The Hall–Kier alpha value is -3.75. The molecule has 158 valence electrons. The molecule has 2 heterocycles. The van der Waals surface area contributed by atoms with Crippen LogP contribution in [0, 0.1) is 11.6 Å². The van der Waals surface area contributed by atoms with Crippen molar-refractivity contribution in [2.24, 2.45) is 10.7 Å². The molecule has 0 saturated carbocycles. The molecule has 0 saturated heterocycles. The number of pyridine rings is 1. The zero-order valence-electron chi connectivity index (χ0n) is 16.2. The number of guanidine groups is 1. The number of likely N-dealkylation sites (N-methyl/N-ethyl adjacent to an activating group) is 1. The van der Waals surface area contributed by atoms with E-state index in [1.165, 1.54) is 49.5 Å². The smallest absolute Gasteiger partial charge is 0.280 e. The van der Waals surface area contributed by atoms with E-state index in [1.807, 2.05) is 0 Å². The molecule has 0 fully saturated rings. The van der Waals surface area contributed by atoms with Crippen LogP contribution in [0.4, 0.5) is 17.6 Å². The Balaban J connectivity index is 1.98. The minimum Gasteiger partial charge on any atom is -0.369 e. The van der Waals surface area contributed by atoms with Gasteiger partial charge in [-0.1, -0.05) is 18.2 Å². The van der Waals surface area contributed by atoms with Crippen LogP contribution in [0.15, 0.2) is 65.8 Å². The second kappa shape index (κ2) is 7.50. The quantitative estimate of drug-likeness (QED) is 0.639. The van der Waals surface area contributed by atoms with Gasteiger partial charge in [0.2, 0.25) is 0 Å². The van der Waals surface area contributed by atoms with E-state index in [2.05, 4.69) is 9.98 Å². The molecule has 4 rings (SSSR count). The molecule has 9 heteroatoms. The lowest BCUT2D eigenvalue weighted by Crippen LogP contribution is -2.41. The number of aliphatic imine (C=N–C) groups is 1. The fourth-order valence-corrected chi connectivity index (χ4v) is 3.58. The highest BCUT2D eigenvalue weighted by atomic mass is 19.3. The average Bonchev–Trinajstić information content (AvgIpc) is 2.99. The second-order valence-electron chi connectivity index (χ2n) is 7.02. The van der Waals surface area contributed by atoms with Crippen LogP contribution in [-0.4, -0.2) is 28.8 Å². The molecule has 1 aliphatic heterocycles. The minimum atomic E-state index is -2.90. The summed E-state index contributed by atoms with van der Waals surface area (Å²) in [5.41, 5.74) is 4.16. The molecular weight excluding hydrogens is 412 g/mol. The van der Waals surface area contributed by atoms with Crippen molar-refractivity contribution in [3.8, 4) is 11.1 Å². The molecule has 2 aromatic carbocycles. The van der Waals surface area contributed by atoms with E-state index in [0.29, 0.717) is 11.1 Å². The second-order valence-corrected chi connectivity index (χ2v) is 7.02.